The van der Waals surface area contributed by atoms with Crippen molar-refractivity contribution in [2.75, 3.05) is 11.9 Å². The summed E-state index contributed by atoms with van der Waals surface area (Å²) in [4.78, 5) is 16.6. The molecule has 0 spiro atoms. The molecule has 2 heterocycles. The summed E-state index contributed by atoms with van der Waals surface area (Å²) < 4.78 is 0. The summed E-state index contributed by atoms with van der Waals surface area (Å²) in [6, 6.07) is 10.1. The lowest BCUT2D eigenvalue weighted by Crippen LogP contribution is -2.18. The zero-order valence-electron chi connectivity index (χ0n) is 14.0. The Morgan fingerprint density at radius 3 is 2.72 bits per heavy atom. The molecule has 0 radical (unpaired) electrons. The molecule has 0 atom stereocenters. The second kappa shape index (κ2) is 7.38. The molecule has 0 aliphatic carbocycles. The van der Waals surface area contributed by atoms with Crippen molar-refractivity contribution in [3.63, 3.8) is 0 Å². The van der Waals surface area contributed by atoms with Crippen molar-refractivity contribution in [1.82, 2.24) is 15.2 Å². The molecule has 0 bridgehead atoms. The van der Waals surface area contributed by atoms with Crippen LogP contribution < -0.4 is 11.1 Å². The highest BCUT2D eigenvalue weighted by molar-refractivity contribution is 7.15. The van der Waals surface area contributed by atoms with Gasteiger partial charge in [0.25, 0.3) is 5.91 Å². The Labute approximate surface area is 154 Å². The quantitative estimate of drug-likeness (QED) is 0.692. The maximum absolute atomic E-state index is 12.3. The Bertz CT molecular complexity index is 857. The van der Waals surface area contributed by atoms with E-state index in [-0.39, 0.29) is 11.3 Å². The van der Waals surface area contributed by atoms with Crippen LogP contribution in [-0.2, 0) is 11.8 Å². The molecule has 0 aliphatic rings. The summed E-state index contributed by atoms with van der Waals surface area (Å²) in [7, 11) is 0. The molecule has 0 saturated heterocycles. The molecule has 0 fully saturated rings. The van der Waals surface area contributed by atoms with Gasteiger partial charge in [-0.25, -0.2) is 4.98 Å². The van der Waals surface area contributed by atoms with Gasteiger partial charge >= 0.3 is 0 Å². The Morgan fingerprint density at radius 2 is 2.00 bits per heavy atom. The van der Waals surface area contributed by atoms with Gasteiger partial charge in [0, 0.05) is 17.2 Å². The Morgan fingerprint density at radius 1 is 1.24 bits per heavy atom. The molecule has 3 aromatic rings. The summed E-state index contributed by atoms with van der Waals surface area (Å²) >= 11 is 2.81. The number of carbonyl (C=O) groups excluding carboxylic acids is 1. The van der Waals surface area contributed by atoms with E-state index in [9.17, 15) is 4.79 Å². The van der Waals surface area contributed by atoms with Crippen LogP contribution in [-0.4, -0.2) is 27.6 Å². The maximum atomic E-state index is 12.3. The number of anilines is 1. The van der Waals surface area contributed by atoms with E-state index in [1.165, 1.54) is 22.7 Å². The van der Waals surface area contributed by atoms with Gasteiger partial charge < -0.3 is 5.73 Å². The fraction of sp³-hybridized carbons (Fsp3) is 0.294. The minimum Gasteiger partial charge on any atom is -0.330 e. The van der Waals surface area contributed by atoms with E-state index in [0.717, 1.165) is 15.6 Å². The molecule has 3 N–H and O–H groups in total. The van der Waals surface area contributed by atoms with Crippen LogP contribution in [0.1, 0.15) is 39.9 Å². The predicted molar refractivity (Wildman–Crippen MR) is 101 cm³/mol. The second-order valence-corrected chi connectivity index (χ2v) is 7.94. The normalized spacial score (nSPS) is 11.5. The standard InChI is InChI=1S/C17H19N5OS2/c1-17(2,11-6-4-3-5-7-11)15-21-22-16(25-15)20-14(23)12-10-24-13(19-12)8-9-18/h3-7,10H,8-9,18H2,1-2H3,(H,20,22,23). The van der Waals surface area contributed by atoms with Crippen LogP contribution >= 0.6 is 22.7 Å². The van der Waals surface area contributed by atoms with Crippen LogP contribution in [0.5, 0.6) is 0 Å². The van der Waals surface area contributed by atoms with Crippen LogP contribution in [0.2, 0.25) is 0 Å². The van der Waals surface area contributed by atoms with Gasteiger partial charge in [0.2, 0.25) is 5.13 Å². The lowest BCUT2D eigenvalue weighted by atomic mass is 9.85. The third-order valence-corrected chi connectivity index (χ3v) is 5.89. The fourth-order valence-corrected chi connectivity index (χ4v) is 3.98. The van der Waals surface area contributed by atoms with Gasteiger partial charge in [-0.05, 0) is 26.0 Å². The first-order valence-corrected chi connectivity index (χ1v) is 9.55. The van der Waals surface area contributed by atoms with E-state index >= 15 is 0 Å². The zero-order valence-corrected chi connectivity index (χ0v) is 15.7. The van der Waals surface area contributed by atoms with Gasteiger partial charge in [0.05, 0.1) is 5.01 Å². The van der Waals surface area contributed by atoms with E-state index in [2.05, 4.69) is 46.5 Å². The Kier molecular flexibility index (Phi) is 5.22. The molecular formula is C17H19N5OS2. The number of amides is 1. The fourth-order valence-electron chi connectivity index (χ4n) is 2.32. The lowest BCUT2D eigenvalue weighted by Gasteiger charge is -2.21. The van der Waals surface area contributed by atoms with Crippen molar-refractivity contribution in [2.45, 2.75) is 25.7 Å². The molecule has 3 rings (SSSR count). The van der Waals surface area contributed by atoms with Crippen molar-refractivity contribution in [3.05, 3.63) is 57.0 Å². The third kappa shape index (κ3) is 3.92. The van der Waals surface area contributed by atoms with Gasteiger partial charge in [-0.3, -0.25) is 10.1 Å². The van der Waals surface area contributed by atoms with E-state index in [1.54, 1.807) is 5.38 Å². The molecule has 8 heteroatoms. The maximum Gasteiger partial charge on any atom is 0.276 e. The first-order valence-electron chi connectivity index (χ1n) is 7.86. The smallest absolute Gasteiger partial charge is 0.276 e. The molecule has 0 saturated carbocycles. The van der Waals surface area contributed by atoms with Crippen LogP contribution in [0.4, 0.5) is 5.13 Å². The molecule has 0 aliphatic heterocycles. The highest BCUT2D eigenvalue weighted by Gasteiger charge is 2.28. The monoisotopic (exact) mass is 373 g/mol. The van der Waals surface area contributed by atoms with Crippen LogP contribution in [0.3, 0.4) is 0 Å². The summed E-state index contributed by atoms with van der Waals surface area (Å²) in [5.41, 5.74) is 6.76. The number of benzene rings is 1. The number of nitrogens with one attached hydrogen (secondary N) is 1. The molecular weight excluding hydrogens is 354 g/mol. The van der Waals surface area contributed by atoms with E-state index < -0.39 is 0 Å². The molecule has 6 nitrogen and oxygen atoms in total. The van der Waals surface area contributed by atoms with E-state index in [0.29, 0.717) is 23.8 Å². The number of carbonyl (C=O) groups is 1. The number of aromatic nitrogens is 3. The minimum absolute atomic E-state index is 0.278. The number of hydrogen-bond acceptors (Lipinski definition) is 7. The van der Waals surface area contributed by atoms with Crippen molar-refractivity contribution < 1.29 is 4.79 Å². The van der Waals surface area contributed by atoms with Crippen molar-refractivity contribution in [2.24, 2.45) is 5.73 Å². The third-order valence-electron chi connectivity index (χ3n) is 3.82. The van der Waals surface area contributed by atoms with Gasteiger partial charge in [0.1, 0.15) is 10.7 Å². The number of hydrogen-bond donors (Lipinski definition) is 2. The van der Waals surface area contributed by atoms with E-state index in [4.69, 9.17) is 5.73 Å². The van der Waals surface area contributed by atoms with Crippen molar-refractivity contribution in [1.29, 1.82) is 0 Å². The van der Waals surface area contributed by atoms with Gasteiger partial charge in [-0.1, -0.05) is 41.7 Å². The summed E-state index contributed by atoms with van der Waals surface area (Å²) in [6.45, 7) is 4.70. The van der Waals surface area contributed by atoms with E-state index in [1.807, 2.05) is 18.2 Å². The Hall–Kier alpha value is -2.16. The number of nitrogens with two attached hydrogens (primary N) is 1. The topological polar surface area (TPSA) is 93.8 Å². The molecule has 2 aromatic heterocycles. The minimum atomic E-state index is -0.281. The van der Waals surface area contributed by atoms with Crippen LogP contribution in [0.15, 0.2) is 35.7 Å². The molecule has 0 unspecified atom stereocenters. The molecule has 25 heavy (non-hydrogen) atoms. The predicted octanol–water partition coefficient (Wildman–Crippen LogP) is 3.07. The first-order chi connectivity index (χ1) is 12.0. The van der Waals surface area contributed by atoms with Gasteiger partial charge in [0.15, 0.2) is 0 Å². The zero-order chi connectivity index (χ0) is 17.9. The number of rotatable bonds is 6. The largest absolute Gasteiger partial charge is 0.330 e. The summed E-state index contributed by atoms with van der Waals surface area (Å²) in [5.74, 6) is -0.278. The van der Waals surface area contributed by atoms with Gasteiger partial charge in [-0.15, -0.1) is 21.5 Å². The number of thiazole rings is 1. The van der Waals surface area contributed by atoms with Crippen molar-refractivity contribution in [3.8, 4) is 0 Å². The average molecular weight is 374 g/mol. The average Bonchev–Trinajstić information content (AvgIpc) is 3.26. The number of nitrogens with zero attached hydrogens (tertiary/aromatic N) is 3. The molecule has 1 aromatic carbocycles. The first kappa shape index (κ1) is 17.7. The molecule has 1 amide bonds. The molecule has 130 valence electrons. The highest BCUT2D eigenvalue weighted by atomic mass is 32.1. The lowest BCUT2D eigenvalue weighted by molar-refractivity contribution is 0.102. The Balaban J connectivity index is 1.74. The SMILES string of the molecule is CC(C)(c1ccccc1)c1nnc(NC(=O)c2csc(CCN)n2)s1. The summed E-state index contributed by atoms with van der Waals surface area (Å²) in [6.07, 6.45) is 0.673. The highest BCUT2D eigenvalue weighted by Crippen LogP contribution is 2.34. The van der Waals surface area contributed by atoms with Crippen LogP contribution in [0, 0.1) is 0 Å². The second-order valence-electron chi connectivity index (χ2n) is 6.02. The van der Waals surface area contributed by atoms with Crippen LogP contribution in [0.25, 0.3) is 0 Å². The van der Waals surface area contributed by atoms with Gasteiger partial charge in [-0.2, -0.15) is 0 Å². The summed E-state index contributed by atoms with van der Waals surface area (Å²) in [5, 5.41) is 15.1. The van der Waals surface area contributed by atoms with Crippen molar-refractivity contribution >= 4 is 33.7 Å².